The molecule has 4 heteroatoms. The van der Waals surface area contributed by atoms with E-state index in [0.717, 1.165) is 16.9 Å². The average Bonchev–Trinajstić information content (AvgIpc) is 2.70. The highest BCUT2D eigenvalue weighted by Gasteiger charge is 2.16. The predicted molar refractivity (Wildman–Crippen MR) is 105 cm³/mol. The molecule has 138 valence electrons. The van der Waals surface area contributed by atoms with E-state index in [9.17, 15) is 4.79 Å². The van der Waals surface area contributed by atoms with E-state index >= 15 is 0 Å². The van der Waals surface area contributed by atoms with Gasteiger partial charge in [0.25, 0.3) is 0 Å². The Morgan fingerprint density at radius 3 is 2.22 bits per heavy atom. The Morgan fingerprint density at radius 2 is 1.41 bits per heavy atom. The second-order valence-electron chi connectivity index (χ2n) is 6.09. The topological polar surface area (TPSA) is 44.8 Å². The van der Waals surface area contributed by atoms with Gasteiger partial charge in [0.2, 0.25) is 0 Å². The normalized spacial score (nSPS) is 10.3. The van der Waals surface area contributed by atoms with Crippen LogP contribution in [0.2, 0.25) is 0 Å². The molecule has 0 saturated carbocycles. The third kappa shape index (κ3) is 4.88. The molecule has 0 aromatic heterocycles. The zero-order chi connectivity index (χ0) is 19.1. The standard InChI is InChI=1S/C23H22O4/c1-17-9-8-14-21(18(17)2)27-23(24)20-12-6-7-13-22(20)26-16-15-25-19-10-4-3-5-11-19/h3-14H,15-16H2,1-2H3. The summed E-state index contributed by atoms with van der Waals surface area (Å²) in [4.78, 5) is 12.6. The van der Waals surface area contributed by atoms with Gasteiger partial charge in [-0.05, 0) is 55.3 Å². The minimum atomic E-state index is -0.441. The fourth-order valence-corrected chi connectivity index (χ4v) is 2.58. The van der Waals surface area contributed by atoms with Crippen molar-refractivity contribution in [2.24, 2.45) is 0 Å². The van der Waals surface area contributed by atoms with Crippen LogP contribution in [0.3, 0.4) is 0 Å². The molecule has 0 aliphatic rings. The Balaban J connectivity index is 1.63. The number of rotatable bonds is 7. The van der Waals surface area contributed by atoms with E-state index in [2.05, 4.69) is 0 Å². The summed E-state index contributed by atoms with van der Waals surface area (Å²) in [6.45, 7) is 4.62. The molecule has 0 aliphatic carbocycles. The molecule has 0 heterocycles. The fourth-order valence-electron chi connectivity index (χ4n) is 2.58. The number of aryl methyl sites for hydroxylation is 1. The summed E-state index contributed by atoms with van der Waals surface area (Å²) in [5, 5.41) is 0. The third-order valence-electron chi connectivity index (χ3n) is 4.22. The van der Waals surface area contributed by atoms with Crippen molar-refractivity contribution in [1.29, 1.82) is 0 Å². The van der Waals surface area contributed by atoms with E-state index in [1.165, 1.54) is 0 Å². The molecule has 0 fully saturated rings. The minimum Gasteiger partial charge on any atom is -0.490 e. The highest BCUT2D eigenvalue weighted by Crippen LogP contribution is 2.24. The van der Waals surface area contributed by atoms with Crippen molar-refractivity contribution >= 4 is 5.97 Å². The van der Waals surface area contributed by atoms with Gasteiger partial charge in [0.15, 0.2) is 0 Å². The SMILES string of the molecule is Cc1cccc(OC(=O)c2ccccc2OCCOc2ccccc2)c1C. The molecule has 0 bridgehead atoms. The van der Waals surface area contributed by atoms with Gasteiger partial charge in [0.1, 0.15) is 36.0 Å². The van der Waals surface area contributed by atoms with Gasteiger partial charge < -0.3 is 14.2 Å². The van der Waals surface area contributed by atoms with Crippen LogP contribution >= 0.6 is 0 Å². The van der Waals surface area contributed by atoms with Crippen LogP contribution in [0.1, 0.15) is 21.5 Å². The van der Waals surface area contributed by atoms with E-state index in [1.54, 1.807) is 24.3 Å². The van der Waals surface area contributed by atoms with Crippen molar-refractivity contribution in [3.05, 3.63) is 89.5 Å². The van der Waals surface area contributed by atoms with Gasteiger partial charge in [-0.15, -0.1) is 0 Å². The quantitative estimate of drug-likeness (QED) is 0.338. The zero-order valence-corrected chi connectivity index (χ0v) is 15.5. The molecule has 0 N–H and O–H groups in total. The molecule has 0 unspecified atom stereocenters. The largest absolute Gasteiger partial charge is 0.490 e. The average molecular weight is 362 g/mol. The number of carbonyl (C=O) groups excluding carboxylic acids is 1. The first-order valence-corrected chi connectivity index (χ1v) is 8.83. The number of para-hydroxylation sites is 2. The molecule has 27 heavy (non-hydrogen) atoms. The zero-order valence-electron chi connectivity index (χ0n) is 15.5. The number of ether oxygens (including phenoxy) is 3. The Hall–Kier alpha value is -3.27. The molecule has 0 spiro atoms. The van der Waals surface area contributed by atoms with E-state index in [4.69, 9.17) is 14.2 Å². The van der Waals surface area contributed by atoms with Crippen LogP contribution in [0.15, 0.2) is 72.8 Å². The van der Waals surface area contributed by atoms with E-state index in [0.29, 0.717) is 30.3 Å². The lowest BCUT2D eigenvalue weighted by atomic mass is 10.1. The van der Waals surface area contributed by atoms with Gasteiger partial charge in [-0.3, -0.25) is 0 Å². The summed E-state index contributed by atoms with van der Waals surface area (Å²) >= 11 is 0. The number of carbonyl (C=O) groups is 1. The number of benzene rings is 3. The van der Waals surface area contributed by atoms with Crippen molar-refractivity contribution in [2.75, 3.05) is 13.2 Å². The van der Waals surface area contributed by atoms with Gasteiger partial charge in [-0.2, -0.15) is 0 Å². The number of hydrogen-bond donors (Lipinski definition) is 0. The van der Waals surface area contributed by atoms with E-state index in [1.807, 2.05) is 62.4 Å². The first-order chi connectivity index (χ1) is 13.1. The molecule has 3 rings (SSSR count). The molecule has 0 atom stereocenters. The van der Waals surface area contributed by atoms with Crippen molar-refractivity contribution in [1.82, 2.24) is 0 Å². The van der Waals surface area contributed by atoms with Crippen LogP contribution in [0, 0.1) is 13.8 Å². The summed E-state index contributed by atoms with van der Waals surface area (Å²) < 4.78 is 16.9. The smallest absolute Gasteiger partial charge is 0.347 e. The molecule has 0 saturated heterocycles. The molecular formula is C23H22O4. The van der Waals surface area contributed by atoms with Crippen molar-refractivity contribution < 1.29 is 19.0 Å². The van der Waals surface area contributed by atoms with Crippen LogP contribution in [0.5, 0.6) is 17.2 Å². The van der Waals surface area contributed by atoms with Gasteiger partial charge in [-0.1, -0.05) is 42.5 Å². The highest BCUT2D eigenvalue weighted by molar-refractivity contribution is 5.94. The molecule has 4 nitrogen and oxygen atoms in total. The van der Waals surface area contributed by atoms with Gasteiger partial charge >= 0.3 is 5.97 Å². The summed E-state index contributed by atoms with van der Waals surface area (Å²) in [5.74, 6) is 1.37. The first kappa shape index (κ1) is 18.5. The summed E-state index contributed by atoms with van der Waals surface area (Å²) in [6, 6.07) is 22.2. The maximum atomic E-state index is 12.6. The lowest BCUT2D eigenvalue weighted by Gasteiger charge is -2.13. The van der Waals surface area contributed by atoms with Gasteiger partial charge in [-0.25, -0.2) is 4.79 Å². The van der Waals surface area contributed by atoms with Crippen molar-refractivity contribution in [3.8, 4) is 17.2 Å². The maximum absolute atomic E-state index is 12.6. The Kier molecular flexibility index (Phi) is 6.10. The van der Waals surface area contributed by atoms with Crippen LogP contribution in [-0.2, 0) is 0 Å². The van der Waals surface area contributed by atoms with Gasteiger partial charge in [0.05, 0.1) is 0 Å². The Morgan fingerprint density at radius 1 is 0.741 bits per heavy atom. The predicted octanol–water partition coefficient (Wildman–Crippen LogP) is 4.98. The molecule has 0 amide bonds. The second-order valence-corrected chi connectivity index (χ2v) is 6.09. The Labute approximate surface area is 159 Å². The summed E-state index contributed by atoms with van der Waals surface area (Å²) in [5.41, 5.74) is 2.40. The van der Waals surface area contributed by atoms with E-state index in [-0.39, 0.29) is 0 Å². The monoisotopic (exact) mass is 362 g/mol. The minimum absolute atomic E-state index is 0.322. The summed E-state index contributed by atoms with van der Waals surface area (Å²) in [6.07, 6.45) is 0. The van der Waals surface area contributed by atoms with Crippen molar-refractivity contribution in [3.63, 3.8) is 0 Å². The summed E-state index contributed by atoms with van der Waals surface area (Å²) in [7, 11) is 0. The molecule has 3 aromatic rings. The number of hydrogen-bond acceptors (Lipinski definition) is 4. The maximum Gasteiger partial charge on any atom is 0.347 e. The second kappa shape index (κ2) is 8.90. The number of esters is 1. The van der Waals surface area contributed by atoms with Gasteiger partial charge in [0, 0.05) is 0 Å². The lowest BCUT2D eigenvalue weighted by molar-refractivity contribution is 0.0728. The molecule has 0 radical (unpaired) electrons. The third-order valence-corrected chi connectivity index (χ3v) is 4.22. The lowest BCUT2D eigenvalue weighted by Crippen LogP contribution is -2.14. The van der Waals surface area contributed by atoms with Crippen LogP contribution in [0.4, 0.5) is 0 Å². The fraction of sp³-hybridized carbons (Fsp3) is 0.174. The molecular weight excluding hydrogens is 340 g/mol. The Bertz CT molecular complexity index is 903. The van der Waals surface area contributed by atoms with E-state index < -0.39 is 5.97 Å². The van der Waals surface area contributed by atoms with Crippen molar-refractivity contribution in [2.45, 2.75) is 13.8 Å². The highest BCUT2D eigenvalue weighted by atomic mass is 16.5. The first-order valence-electron chi connectivity index (χ1n) is 8.83. The van der Waals surface area contributed by atoms with Crippen LogP contribution in [0.25, 0.3) is 0 Å². The molecule has 0 aliphatic heterocycles. The van der Waals surface area contributed by atoms with Crippen LogP contribution in [-0.4, -0.2) is 19.2 Å². The molecule has 3 aromatic carbocycles. The van der Waals surface area contributed by atoms with Crippen LogP contribution < -0.4 is 14.2 Å².